The van der Waals surface area contributed by atoms with E-state index < -0.39 is 0 Å². The molecule has 17 heavy (non-hydrogen) atoms. The van der Waals surface area contributed by atoms with Crippen LogP contribution in [0.25, 0.3) is 0 Å². The molecular formula is C11H20N4OS. The predicted molar refractivity (Wildman–Crippen MR) is 69.3 cm³/mol. The maximum atomic E-state index is 5.21. The molecule has 0 amide bonds. The van der Waals surface area contributed by atoms with Crippen molar-refractivity contribution in [3.05, 3.63) is 5.69 Å². The van der Waals surface area contributed by atoms with E-state index in [9.17, 15) is 0 Å². The van der Waals surface area contributed by atoms with Crippen LogP contribution in [0.3, 0.4) is 0 Å². The van der Waals surface area contributed by atoms with Gasteiger partial charge >= 0.3 is 0 Å². The molecule has 1 unspecified atom stereocenters. The molecule has 96 valence electrons. The Morgan fingerprint density at radius 3 is 3.24 bits per heavy atom. The fourth-order valence-electron chi connectivity index (χ4n) is 2.25. The van der Waals surface area contributed by atoms with Crippen LogP contribution in [-0.4, -0.2) is 47.8 Å². The smallest absolute Gasteiger partial charge is 0.134 e. The summed E-state index contributed by atoms with van der Waals surface area (Å²) in [5.41, 5.74) is 1.08. The molecule has 1 saturated heterocycles. The third kappa shape index (κ3) is 3.37. The molecule has 1 aliphatic rings. The van der Waals surface area contributed by atoms with E-state index in [-0.39, 0.29) is 0 Å². The summed E-state index contributed by atoms with van der Waals surface area (Å²) in [5, 5.41) is 8.62. The number of nitrogens with one attached hydrogen (secondary N) is 1. The Morgan fingerprint density at radius 2 is 2.47 bits per heavy atom. The van der Waals surface area contributed by atoms with Crippen molar-refractivity contribution in [2.45, 2.75) is 19.9 Å². The molecule has 6 heteroatoms. The Balaban J connectivity index is 1.86. The van der Waals surface area contributed by atoms with Gasteiger partial charge in [-0.15, -0.1) is 5.10 Å². The second-order valence-corrected chi connectivity index (χ2v) is 5.18. The number of methoxy groups -OCH3 is 1. The average molecular weight is 256 g/mol. The molecule has 2 rings (SSSR count). The summed E-state index contributed by atoms with van der Waals surface area (Å²) in [7, 11) is 1.77. The van der Waals surface area contributed by atoms with Gasteiger partial charge in [0, 0.05) is 38.3 Å². The van der Waals surface area contributed by atoms with Crippen LogP contribution in [0, 0.1) is 5.92 Å². The van der Waals surface area contributed by atoms with Crippen LogP contribution < -0.4 is 5.32 Å². The second kappa shape index (κ2) is 6.28. The number of rotatable bonds is 6. The summed E-state index contributed by atoms with van der Waals surface area (Å²) < 4.78 is 9.22. The predicted octanol–water partition coefficient (Wildman–Crippen LogP) is 1.44. The average Bonchev–Trinajstić information content (AvgIpc) is 2.91. The zero-order chi connectivity index (χ0) is 12.1. The fourth-order valence-corrected chi connectivity index (χ4v) is 2.89. The van der Waals surface area contributed by atoms with Crippen molar-refractivity contribution >= 4 is 16.5 Å². The van der Waals surface area contributed by atoms with Crippen LogP contribution in [-0.2, 0) is 11.3 Å². The first-order valence-electron chi connectivity index (χ1n) is 6.09. The number of hydrogen-bond acceptors (Lipinski definition) is 6. The van der Waals surface area contributed by atoms with E-state index in [1.54, 1.807) is 7.11 Å². The van der Waals surface area contributed by atoms with Gasteiger partial charge in [0.25, 0.3) is 0 Å². The Morgan fingerprint density at radius 1 is 1.59 bits per heavy atom. The molecule has 5 nitrogen and oxygen atoms in total. The number of anilines is 1. The largest absolute Gasteiger partial charge is 0.384 e. The first-order chi connectivity index (χ1) is 8.33. The lowest BCUT2D eigenvalue weighted by Crippen LogP contribution is -2.22. The van der Waals surface area contributed by atoms with Crippen molar-refractivity contribution in [2.75, 3.05) is 38.7 Å². The molecule has 1 N–H and O–H groups in total. The van der Waals surface area contributed by atoms with Crippen molar-refractivity contribution in [3.63, 3.8) is 0 Å². The van der Waals surface area contributed by atoms with Gasteiger partial charge in [0.05, 0.1) is 6.61 Å². The van der Waals surface area contributed by atoms with E-state index >= 15 is 0 Å². The van der Waals surface area contributed by atoms with Gasteiger partial charge in [-0.1, -0.05) is 4.49 Å². The minimum absolute atomic E-state index is 0.675. The van der Waals surface area contributed by atoms with Gasteiger partial charge in [0.2, 0.25) is 0 Å². The Kier molecular flexibility index (Phi) is 4.70. The number of nitrogens with zero attached hydrogens (tertiary/aromatic N) is 3. The fraction of sp³-hybridized carbons (Fsp3) is 0.818. The highest BCUT2D eigenvalue weighted by molar-refractivity contribution is 7.10. The van der Waals surface area contributed by atoms with E-state index in [0.717, 1.165) is 43.5 Å². The topological polar surface area (TPSA) is 50.3 Å². The van der Waals surface area contributed by atoms with Gasteiger partial charge < -0.3 is 10.1 Å². The SMILES string of the molecule is CCNc1snnc1CN1CCC(COC)C1. The Bertz CT molecular complexity index is 344. The summed E-state index contributed by atoms with van der Waals surface area (Å²) in [6.07, 6.45) is 1.22. The van der Waals surface area contributed by atoms with Gasteiger partial charge in [-0.3, -0.25) is 4.90 Å². The van der Waals surface area contributed by atoms with Crippen molar-refractivity contribution in [1.82, 2.24) is 14.5 Å². The minimum Gasteiger partial charge on any atom is -0.384 e. The maximum absolute atomic E-state index is 5.21. The van der Waals surface area contributed by atoms with Crippen LogP contribution in [0.5, 0.6) is 0 Å². The molecule has 1 aromatic heterocycles. The van der Waals surface area contributed by atoms with Crippen LogP contribution >= 0.6 is 11.5 Å². The first-order valence-corrected chi connectivity index (χ1v) is 6.87. The number of ether oxygens (including phenoxy) is 1. The van der Waals surface area contributed by atoms with Crippen molar-refractivity contribution in [2.24, 2.45) is 5.92 Å². The molecule has 1 aromatic rings. The third-order valence-electron chi connectivity index (χ3n) is 3.04. The van der Waals surface area contributed by atoms with Crippen LogP contribution in [0.4, 0.5) is 5.00 Å². The summed E-state index contributed by atoms with van der Waals surface area (Å²) in [6, 6.07) is 0. The van der Waals surface area contributed by atoms with Gasteiger partial charge in [-0.25, -0.2) is 0 Å². The molecular weight excluding hydrogens is 236 g/mol. The summed E-state index contributed by atoms with van der Waals surface area (Å²) >= 11 is 1.44. The van der Waals surface area contributed by atoms with Crippen LogP contribution in [0.1, 0.15) is 19.0 Å². The third-order valence-corrected chi connectivity index (χ3v) is 3.76. The second-order valence-electron chi connectivity index (χ2n) is 4.42. The van der Waals surface area contributed by atoms with Crippen molar-refractivity contribution in [1.29, 1.82) is 0 Å². The van der Waals surface area contributed by atoms with Gasteiger partial charge in [-0.05, 0) is 25.8 Å². The highest BCUT2D eigenvalue weighted by Crippen LogP contribution is 2.23. The van der Waals surface area contributed by atoms with E-state index in [1.807, 2.05) is 0 Å². The van der Waals surface area contributed by atoms with E-state index in [1.165, 1.54) is 18.0 Å². The highest BCUT2D eigenvalue weighted by Gasteiger charge is 2.23. The molecule has 0 aromatic carbocycles. The number of aromatic nitrogens is 2. The molecule has 0 radical (unpaired) electrons. The molecule has 0 saturated carbocycles. The van der Waals surface area contributed by atoms with Crippen LogP contribution in [0.2, 0.25) is 0 Å². The molecule has 1 fully saturated rings. The minimum atomic E-state index is 0.675. The number of likely N-dealkylation sites (tertiary alicyclic amines) is 1. The lowest BCUT2D eigenvalue weighted by atomic mass is 10.1. The summed E-state index contributed by atoms with van der Waals surface area (Å²) in [5.74, 6) is 0.675. The Labute approximate surface area is 106 Å². The maximum Gasteiger partial charge on any atom is 0.134 e. The number of hydrogen-bond donors (Lipinski definition) is 1. The standard InChI is InChI=1S/C11H20N4OS/c1-3-12-11-10(13-14-17-11)7-15-5-4-9(6-15)8-16-2/h9,12H,3-8H2,1-2H3. The lowest BCUT2D eigenvalue weighted by Gasteiger charge is -2.14. The van der Waals surface area contributed by atoms with Gasteiger partial charge in [-0.2, -0.15) is 0 Å². The van der Waals surface area contributed by atoms with Gasteiger partial charge in [0.1, 0.15) is 10.7 Å². The monoisotopic (exact) mass is 256 g/mol. The van der Waals surface area contributed by atoms with E-state index in [0.29, 0.717) is 5.92 Å². The zero-order valence-electron chi connectivity index (χ0n) is 10.5. The molecule has 1 aliphatic heterocycles. The molecule has 2 heterocycles. The van der Waals surface area contributed by atoms with E-state index in [4.69, 9.17) is 4.74 Å². The molecule has 1 atom stereocenters. The summed E-state index contributed by atoms with van der Waals surface area (Å²) in [6.45, 7) is 7.02. The molecule has 0 aliphatic carbocycles. The normalized spacial score (nSPS) is 20.9. The van der Waals surface area contributed by atoms with Crippen LogP contribution in [0.15, 0.2) is 0 Å². The molecule has 0 bridgehead atoms. The lowest BCUT2D eigenvalue weighted by molar-refractivity contribution is 0.152. The molecule has 0 spiro atoms. The first kappa shape index (κ1) is 12.7. The quantitative estimate of drug-likeness (QED) is 0.834. The van der Waals surface area contributed by atoms with Gasteiger partial charge in [0.15, 0.2) is 0 Å². The van der Waals surface area contributed by atoms with Crippen molar-refractivity contribution in [3.8, 4) is 0 Å². The summed E-state index contributed by atoms with van der Waals surface area (Å²) in [4.78, 5) is 2.43. The Hall–Kier alpha value is -0.720. The van der Waals surface area contributed by atoms with Crippen molar-refractivity contribution < 1.29 is 4.74 Å². The zero-order valence-corrected chi connectivity index (χ0v) is 11.3. The highest BCUT2D eigenvalue weighted by atomic mass is 32.1. The van der Waals surface area contributed by atoms with E-state index in [2.05, 4.69) is 26.7 Å².